The Morgan fingerprint density at radius 1 is 1.25 bits per heavy atom. The van der Waals surface area contributed by atoms with Crippen molar-refractivity contribution in [1.82, 2.24) is 5.32 Å². The van der Waals surface area contributed by atoms with Gasteiger partial charge in [-0.15, -0.1) is 0 Å². The second-order valence-corrected chi connectivity index (χ2v) is 5.94. The van der Waals surface area contributed by atoms with E-state index in [0.29, 0.717) is 0 Å². The van der Waals surface area contributed by atoms with Crippen molar-refractivity contribution in [2.75, 3.05) is 12.3 Å². The molecule has 9 heteroatoms. The monoisotopic (exact) mass is 314 g/mol. The number of hydrogen-bond acceptors (Lipinski definition) is 3. The Hall–Kier alpha value is -1.19. The second-order valence-electron chi connectivity index (χ2n) is 4.21. The highest BCUT2D eigenvalue weighted by atomic mass is 32.2. The molecule has 0 aromatic heterocycles. The van der Waals surface area contributed by atoms with Crippen LogP contribution in [0.1, 0.15) is 17.5 Å². The molecule has 0 aliphatic carbocycles. The fourth-order valence-corrected chi connectivity index (χ4v) is 2.08. The molecule has 114 valence electrons. The summed E-state index contributed by atoms with van der Waals surface area (Å²) in [7, 11) is -3.54. The number of benzene rings is 1. The number of sulfonamides is 1. The molecular weight excluding hydrogens is 300 g/mol. The molecule has 20 heavy (non-hydrogen) atoms. The summed E-state index contributed by atoms with van der Waals surface area (Å²) in [6, 6.07) is 2.71. The van der Waals surface area contributed by atoms with Crippen molar-refractivity contribution in [2.24, 2.45) is 5.14 Å². The topological polar surface area (TPSA) is 72.2 Å². The predicted octanol–water partition coefficient (Wildman–Crippen LogP) is 1.61. The molecule has 0 saturated heterocycles. The maximum Gasteiger partial charge on any atom is 0.419 e. The molecule has 0 saturated carbocycles. The van der Waals surface area contributed by atoms with Crippen LogP contribution in [0.3, 0.4) is 0 Å². The van der Waals surface area contributed by atoms with E-state index in [1.807, 2.05) is 0 Å². The zero-order valence-corrected chi connectivity index (χ0v) is 11.2. The fraction of sp³-hybridized carbons (Fsp3) is 0.455. The normalized spacial score (nSPS) is 12.7. The SMILES string of the molecule is NS(=O)(=O)CCCNCc1ccc(F)c(C(F)(F)F)c1. The molecule has 0 bridgehead atoms. The van der Waals surface area contributed by atoms with E-state index in [1.54, 1.807) is 0 Å². The lowest BCUT2D eigenvalue weighted by Crippen LogP contribution is -2.22. The summed E-state index contributed by atoms with van der Waals surface area (Å²) in [6.45, 7) is 0.350. The van der Waals surface area contributed by atoms with Crippen molar-refractivity contribution in [2.45, 2.75) is 19.1 Å². The van der Waals surface area contributed by atoms with E-state index in [4.69, 9.17) is 5.14 Å². The van der Waals surface area contributed by atoms with Crippen molar-refractivity contribution in [3.8, 4) is 0 Å². The van der Waals surface area contributed by atoms with Crippen molar-refractivity contribution in [3.63, 3.8) is 0 Å². The van der Waals surface area contributed by atoms with Crippen LogP contribution in [0.25, 0.3) is 0 Å². The Morgan fingerprint density at radius 3 is 2.45 bits per heavy atom. The molecule has 0 spiro atoms. The Bertz CT molecular complexity index is 558. The van der Waals surface area contributed by atoms with Crippen LogP contribution >= 0.6 is 0 Å². The largest absolute Gasteiger partial charge is 0.419 e. The number of nitrogens with one attached hydrogen (secondary N) is 1. The zero-order chi connectivity index (χ0) is 15.4. The minimum Gasteiger partial charge on any atom is -0.313 e. The molecule has 0 aliphatic heterocycles. The minimum atomic E-state index is -4.74. The summed E-state index contributed by atoms with van der Waals surface area (Å²) in [5.41, 5.74) is -1.06. The minimum absolute atomic E-state index is 0.0774. The molecule has 0 amide bonds. The molecule has 0 aliphatic rings. The van der Waals surface area contributed by atoms with Gasteiger partial charge in [0.25, 0.3) is 0 Å². The quantitative estimate of drug-likeness (QED) is 0.619. The summed E-state index contributed by atoms with van der Waals surface area (Å²) >= 11 is 0. The lowest BCUT2D eigenvalue weighted by molar-refractivity contribution is -0.140. The van der Waals surface area contributed by atoms with Crippen LogP contribution in [0.5, 0.6) is 0 Å². The molecule has 0 unspecified atom stereocenters. The number of alkyl halides is 3. The number of primary sulfonamides is 1. The third kappa shape index (κ3) is 5.85. The van der Waals surface area contributed by atoms with Gasteiger partial charge in [-0.25, -0.2) is 17.9 Å². The Morgan fingerprint density at radius 2 is 1.90 bits per heavy atom. The van der Waals surface area contributed by atoms with Crippen LogP contribution in [0, 0.1) is 5.82 Å². The van der Waals surface area contributed by atoms with Crippen molar-refractivity contribution >= 4 is 10.0 Å². The van der Waals surface area contributed by atoms with E-state index in [1.165, 1.54) is 6.07 Å². The third-order valence-electron chi connectivity index (χ3n) is 2.45. The number of halogens is 4. The van der Waals surface area contributed by atoms with Crippen molar-refractivity contribution in [1.29, 1.82) is 0 Å². The van der Waals surface area contributed by atoms with E-state index in [2.05, 4.69) is 5.32 Å². The van der Waals surface area contributed by atoms with Gasteiger partial charge >= 0.3 is 6.18 Å². The smallest absolute Gasteiger partial charge is 0.313 e. The van der Waals surface area contributed by atoms with E-state index in [-0.39, 0.29) is 30.8 Å². The molecule has 3 N–H and O–H groups in total. The molecule has 1 aromatic carbocycles. The predicted molar refractivity (Wildman–Crippen MR) is 65.7 cm³/mol. The van der Waals surface area contributed by atoms with E-state index < -0.39 is 27.6 Å². The summed E-state index contributed by atoms with van der Waals surface area (Å²) in [6.07, 6.45) is -4.50. The molecular formula is C11H14F4N2O2S. The first-order chi connectivity index (χ1) is 9.09. The second kappa shape index (κ2) is 6.51. The lowest BCUT2D eigenvalue weighted by Gasteiger charge is -2.10. The first-order valence-corrected chi connectivity index (χ1v) is 7.38. The van der Waals surface area contributed by atoms with Gasteiger partial charge in [0.05, 0.1) is 11.3 Å². The highest BCUT2D eigenvalue weighted by Gasteiger charge is 2.34. The highest BCUT2D eigenvalue weighted by molar-refractivity contribution is 7.89. The summed E-state index contributed by atoms with van der Waals surface area (Å²) in [5.74, 6) is -1.53. The standard InChI is InChI=1S/C11H14F4N2O2S/c12-10-3-2-8(6-9(10)11(13,14)15)7-17-4-1-5-20(16,18)19/h2-3,6,17H,1,4-5,7H2,(H2,16,18,19). The fourth-order valence-electron chi connectivity index (χ4n) is 1.53. The van der Waals surface area contributed by atoms with E-state index >= 15 is 0 Å². The maximum absolute atomic E-state index is 13.0. The van der Waals surface area contributed by atoms with Crippen LogP contribution in [-0.2, 0) is 22.7 Å². The molecule has 4 nitrogen and oxygen atoms in total. The Balaban J connectivity index is 2.53. The number of rotatable bonds is 6. The Kier molecular flexibility index (Phi) is 5.49. The Labute approximate surface area is 114 Å². The third-order valence-corrected chi connectivity index (χ3v) is 3.31. The van der Waals surface area contributed by atoms with Crippen LogP contribution in [0.2, 0.25) is 0 Å². The van der Waals surface area contributed by atoms with Crippen LogP contribution in [-0.4, -0.2) is 20.7 Å². The highest BCUT2D eigenvalue weighted by Crippen LogP contribution is 2.31. The van der Waals surface area contributed by atoms with Gasteiger partial charge in [0.2, 0.25) is 10.0 Å². The van der Waals surface area contributed by atoms with Crippen LogP contribution in [0.15, 0.2) is 18.2 Å². The average Bonchev–Trinajstić information content (AvgIpc) is 2.27. The molecule has 1 aromatic rings. The summed E-state index contributed by atoms with van der Waals surface area (Å²) in [5, 5.41) is 7.55. The first-order valence-electron chi connectivity index (χ1n) is 5.66. The van der Waals surface area contributed by atoms with Gasteiger partial charge in [-0.2, -0.15) is 13.2 Å². The molecule has 0 radical (unpaired) electrons. The van der Waals surface area contributed by atoms with Gasteiger partial charge in [0.15, 0.2) is 0 Å². The number of hydrogen-bond donors (Lipinski definition) is 2. The zero-order valence-electron chi connectivity index (χ0n) is 10.4. The molecule has 0 fully saturated rings. The molecule has 0 heterocycles. The van der Waals surface area contributed by atoms with Gasteiger partial charge in [-0.05, 0) is 30.7 Å². The maximum atomic E-state index is 13.0. The van der Waals surface area contributed by atoms with Crippen molar-refractivity contribution in [3.05, 3.63) is 35.1 Å². The van der Waals surface area contributed by atoms with E-state index in [9.17, 15) is 26.0 Å². The number of nitrogens with two attached hydrogens (primary N) is 1. The molecule has 1 rings (SSSR count). The van der Waals surface area contributed by atoms with Crippen LogP contribution in [0.4, 0.5) is 17.6 Å². The van der Waals surface area contributed by atoms with Crippen LogP contribution < -0.4 is 10.5 Å². The van der Waals surface area contributed by atoms with Gasteiger partial charge < -0.3 is 5.32 Å². The van der Waals surface area contributed by atoms with Gasteiger partial charge in [-0.1, -0.05) is 6.07 Å². The van der Waals surface area contributed by atoms with Gasteiger partial charge in [0, 0.05) is 6.54 Å². The van der Waals surface area contributed by atoms with E-state index in [0.717, 1.165) is 12.1 Å². The first kappa shape index (κ1) is 16.9. The summed E-state index contributed by atoms with van der Waals surface area (Å²) < 4.78 is 71.7. The van der Waals surface area contributed by atoms with Gasteiger partial charge in [0.1, 0.15) is 5.82 Å². The lowest BCUT2D eigenvalue weighted by atomic mass is 10.1. The molecule has 0 atom stereocenters. The average molecular weight is 314 g/mol. The van der Waals surface area contributed by atoms with Gasteiger partial charge in [-0.3, -0.25) is 0 Å². The van der Waals surface area contributed by atoms with Crippen molar-refractivity contribution < 1.29 is 26.0 Å². The summed E-state index contributed by atoms with van der Waals surface area (Å²) in [4.78, 5) is 0.